The van der Waals surface area contributed by atoms with Crippen LogP contribution in [-0.2, 0) is 21.4 Å². The summed E-state index contributed by atoms with van der Waals surface area (Å²) in [5.41, 5.74) is 4.29. The third kappa shape index (κ3) is 3.97. The minimum atomic E-state index is -0.279. The van der Waals surface area contributed by atoms with Crippen molar-refractivity contribution >= 4 is 22.7 Å². The Morgan fingerprint density at radius 1 is 1.05 bits per heavy atom. The van der Waals surface area contributed by atoms with E-state index in [0.717, 1.165) is 35.0 Å². The van der Waals surface area contributed by atoms with Gasteiger partial charge in [-0.05, 0) is 42.2 Å². The summed E-state index contributed by atoms with van der Waals surface area (Å²) in [7, 11) is 1.71. The lowest BCUT2D eigenvalue weighted by Gasteiger charge is -2.44. The van der Waals surface area contributed by atoms with E-state index in [1.54, 1.807) is 31.6 Å². The average molecular weight is 496 g/mol. The molecule has 1 spiro atoms. The van der Waals surface area contributed by atoms with Crippen LogP contribution >= 0.6 is 0 Å². The Hall–Kier alpha value is -4.04. The molecule has 2 amide bonds. The molecule has 8 nitrogen and oxygen atoms in total. The van der Waals surface area contributed by atoms with Crippen molar-refractivity contribution in [3.63, 3.8) is 0 Å². The van der Waals surface area contributed by atoms with E-state index in [1.165, 1.54) is 5.56 Å². The summed E-state index contributed by atoms with van der Waals surface area (Å²) in [6.45, 7) is 1.26. The van der Waals surface area contributed by atoms with Gasteiger partial charge in [0.1, 0.15) is 0 Å². The van der Waals surface area contributed by atoms with Crippen LogP contribution in [-0.4, -0.2) is 58.2 Å². The van der Waals surface area contributed by atoms with E-state index < -0.39 is 0 Å². The zero-order valence-corrected chi connectivity index (χ0v) is 20.7. The standard InChI is InChI=1S/C29H29N5O3/c1-37-27-26(31-28(36)19-10-14-30-15-11-19)20-6-2-4-8-22(20)29(27)12-16-34(17-13-29)25(35)18-24-21-7-3-5-9-23(21)32-33-24/h2-11,14-15,26-27H,12-13,16-18H2,1H3,(H,31,36)(H,32,33)/t26-,27+/m0/s1. The predicted molar refractivity (Wildman–Crippen MR) is 139 cm³/mol. The highest BCUT2D eigenvalue weighted by Crippen LogP contribution is 2.52. The summed E-state index contributed by atoms with van der Waals surface area (Å²) in [6.07, 6.45) is 4.82. The fraction of sp³-hybridized carbons (Fsp3) is 0.310. The molecule has 2 aliphatic rings. The Labute approximate surface area is 215 Å². The van der Waals surface area contributed by atoms with Crippen molar-refractivity contribution in [2.45, 2.75) is 36.8 Å². The molecule has 6 rings (SSSR count). The van der Waals surface area contributed by atoms with Crippen molar-refractivity contribution in [2.24, 2.45) is 0 Å². The first kappa shape index (κ1) is 23.4. The zero-order chi connectivity index (χ0) is 25.4. The number of nitrogens with zero attached hydrogens (tertiary/aromatic N) is 3. The first-order valence-corrected chi connectivity index (χ1v) is 12.6. The van der Waals surface area contributed by atoms with Crippen LogP contribution in [0, 0.1) is 0 Å². The van der Waals surface area contributed by atoms with Gasteiger partial charge in [-0.3, -0.25) is 19.7 Å². The number of H-pyrrole nitrogens is 1. The molecular formula is C29H29N5O3. The Kier molecular flexibility index (Phi) is 5.96. The number of hydrogen-bond acceptors (Lipinski definition) is 5. The molecule has 3 heterocycles. The number of ether oxygens (including phenoxy) is 1. The molecular weight excluding hydrogens is 466 g/mol. The molecule has 37 heavy (non-hydrogen) atoms. The number of pyridine rings is 1. The number of nitrogens with one attached hydrogen (secondary N) is 2. The molecule has 1 saturated heterocycles. The molecule has 1 aliphatic carbocycles. The van der Waals surface area contributed by atoms with Crippen molar-refractivity contribution in [3.05, 3.63) is 95.4 Å². The van der Waals surface area contributed by atoms with E-state index >= 15 is 0 Å². The molecule has 1 aliphatic heterocycles. The Morgan fingerprint density at radius 2 is 1.78 bits per heavy atom. The number of piperidine rings is 1. The van der Waals surface area contributed by atoms with Gasteiger partial charge >= 0.3 is 0 Å². The number of likely N-dealkylation sites (tertiary alicyclic amines) is 1. The van der Waals surface area contributed by atoms with Crippen LogP contribution in [0.5, 0.6) is 0 Å². The van der Waals surface area contributed by atoms with E-state index in [1.807, 2.05) is 41.3 Å². The number of rotatable bonds is 5. The number of fused-ring (bicyclic) bond motifs is 3. The van der Waals surface area contributed by atoms with Gasteiger partial charge in [0.05, 0.1) is 29.8 Å². The summed E-state index contributed by atoms with van der Waals surface area (Å²) in [5.74, 6) is -0.0623. The second kappa shape index (κ2) is 9.44. The van der Waals surface area contributed by atoms with Crippen molar-refractivity contribution in [2.75, 3.05) is 20.2 Å². The van der Waals surface area contributed by atoms with Crippen LogP contribution in [0.15, 0.2) is 73.1 Å². The monoisotopic (exact) mass is 495 g/mol. The molecule has 2 atom stereocenters. The molecule has 0 radical (unpaired) electrons. The molecule has 1 fully saturated rings. The van der Waals surface area contributed by atoms with Gasteiger partial charge in [0.25, 0.3) is 5.91 Å². The fourth-order valence-corrected chi connectivity index (χ4v) is 6.22. The highest BCUT2D eigenvalue weighted by Gasteiger charge is 2.54. The Balaban J connectivity index is 1.22. The number of carbonyl (C=O) groups is 2. The quantitative estimate of drug-likeness (QED) is 0.441. The van der Waals surface area contributed by atoms with E-state index in [2.05, 4.69) is 32.6 Å². The second-order valence-corrected chi connectivity index (χ2v) is 9.86. The number of carbonyl (C=O) groups excluding carboxylic acids is 2. The minimum Gasteiger partial charge on any atom is -0.378 e. The van der Waals surface area contributed by atoms with E-state index in [4.69, 9.17) is 4.74 Å². The van der Waals surface area contributed by atoms with Crippen LogP contribution in [0.25, 0.3) is 10.9 Å². The number of benzene rings is 2. The zero-order valence-electron chi connectivity index (χ0n) is 20.7. The molecule has 8 heteroatoms. The molecule has 2 aromatic heterocycles. The normalized spacial score (nSPS) is 20.2. The lowest BCUT2D eigenvalue weighted by molar-refractivity contribution is -0.133. The second-order valence-electron chi connectivity index (χ2n) is 9.86. The summed E-state index contributed by atoms with van der Waals surface area (Å²) in [5, 5.41) is 11.6. The smallest absolute Gasteiger partial charge is 0.251 e. The molecule has 0 saturated carbocycles. The number of amides is 2. The van der Waals surface area contributed by atoms with Crippen molar-refractivity contribution in [3.8, 4) is 0 Å². The van der Waals surface area contributed by atoms with Crippen LogP contribution in [0.2, 0.25) is 0 Å². The lowest BCUT2D eigenvalue weighted by Crippen LogP contribution is -2.52. The first-order valence-electron chi connectivity index (χ1n) is 12.6. The van der Waals surface area contributed by atoms with Gasteiger partial charge in [0.15, 0.2) is 0 Å². The van der Waals surface area contributed by atoms with Crippen molar-refractivity contribution < 1.29 is 14.3 Å². The maximum absolute atomic E-state index is 13.3. The van der Waals surface area contributed by atoms with E-state index in [0.29, 0.717) is 25.1 Å². The molecule has 2 N–H and O–H groups in total. The third-order valence-corrected chi connectivity index (χ3v) is 8.04. The number of methoxy groups -OCH3 is 1. The average Bonchev–Trinajstić information content (AvgIpc) is 3.46. The highest BCUT2D eigenvalue weighted by molar-refractivity contribution is 5.94. The summed E-state index contributed by atoms with van der Waals surface area (Å²) >= 11 is 0. The Bertz CT molecular complexity index is 1440. The van der Waals surface area contributed by atoms with Crippen LogP contribution < -0.4 is 5.32 Å². The maximum atomic E-state index is 13.3. The number of aromatic amines is 1. The summed E-state index contributed by atoms with van der Waals surface area (Å²) in [6, 6.07) is 19.2. The largest absolute Gasteiger partial charge is 0.378 e. The molecule has 2 aromatic carbocycles. The van der Waals surface area contributed by atoms with Crippen LogP contribution in [0.4, 0.5) is 0 Å². The van der Waals surface area contributed by atoms with Gasteiger partial charge in [-0.25, -0.2) is 0 Å². The van der Waals surface area contributed by atoms with Gasteiger partial charge in [-0.15, -0.1) is 0 Å². The molecule has 0 bridgehead atoms. The highest BCUT2D eigenvalue weighted by atomic mass is 16.5. The number of para-hydroxylation sites is 1. The van der Waals surface area contributed by atoms with Crippen molar-refractivity contribution in [1.82, 2.24) is 25.4 Å². The fourth-order valence-electron chi connectivity index (χ4n) is 6.22. The minimum absolute atomic E-state index is 0.0899. The van der Waals surface area contributed by atoms with Gasteiger partial charge in [0.2, 0.25) is 5.91 Å². The van der Waals surface area contributed by atoms with Gasteiger partial charge in [-0.1, -0.05) is 42.5 Å². The first-order chi connectivity index (χ1) is 18.1. The number of hydrogen-bond donors (Lipinski definition) is 2. The topological polar surface area (TPSA) is 100 Å². The predicted octanol–water partition coefficient (Wildman–Crippen LogP) is 3.56. The van der Waals surface area contributed by atoms with E-state index in [9.17, 15) is 9.59 Å². The molecule has 4 aromatic rings. The van der Waals surface area contributed by atoms with Crippen LogP contribution in [0.3, 0.4) is 0 Å². The van der Waals surface area contributed by atoms with Gasteiger partial charge < -0.3 is 15.0 Å². The van der Waals surface area contributed by atoms with E-state index in [-0.39, 0.29) is 29.4 Å². The summed E-state index contributed by atoms with van der Waals surface area (Å²) in [4.78, 5) is 32.3. The number of aromatic nitrogens is 3. The molecule has 188 valence electrons. The maximum Gasteiger partial charge on any atom is 0.251 e. The SMILES string of the molecule is CO[C@@H]1[C@@H](NC(=O)c2ccncc2)c2ccccc2C12CCN(C(=O)Cc1[nH]nc3ccccc13)CC2. The van der Waals surface area contributed by atoms with Crippen molar-refractivity contribution in [1.29, 1.82) is 0 Å². The Morgan fingerprint density at radius 3 is 2.57 bits per heavy atom. The molecule has 0 unspecified atom stereocenters. The van der Waals surface area contributed by atoms with Gasteiger partial charge in [0, 0.05) is 49.0 Å². The lowest BCUT2D eigenvalue weighted by atomic mass is 9.71. The summed E-state index contributed by atoms with van der Waals surface area (Å²) < 4.78 is 6.12. The third-order valence-electron chi connectivity index (χ3n) is 8.04. The van der Waals surface area contributed by atoms with Crippen LogP contribution in [0.1, 0.15) is 46.1 Å². The van der Waals surface area contributed by atoms with Gasteiger partial charge in [-0.2, -0.15) is 5.10 Å².